The van der Waals surface area contributed by atoms with Crippen LogP contribution in [0.1, 0.15) is 24.8 Å². The maximum absolute atomic E-state index is 6.24. The lowest BCUT2D eigenvalue weighted by molar-refractivity contribution is -0.0133. The Morgan fingerprint density at radius 3 is 3.00 bits per heavy atom. The molecular weight excluding hydrogens is 336 g/mol. The number of hydrogen-bond acceptors (Lipinski definition) is 6. The standard InChI is InChI=1S/C19H28N2O3S/c1-22-18-16(3-2-6-20-18)10-21-13-19(14-21)9-17(12-25-19)24-11-15-4-7-23-8-5-15/h2-3,6,15,17H,4-5,7-14H2,1H3/t17-/m0/s1. The van der Waals surface area contributed by atoms with Crippen LogP contribution in [0.2, 0.25) is 0 Å². The van der Waals surface area contributed by atoms with Crippen LogP contribution < -0.4 is 4.74 Å². The molecule has 4 heterocycles. The molecule has 3 saturated heterocycles. The van der Waals surface area contributed by atoms with Gasteiger partial charge >= 0.3 is 0 Å². The predicted octanol–water partition coefficient (Wildman–Crippen LogP) is 2.59. The summed E-state index contributed by atoms with van der Waals surface area (Å²) in [6.45, 7) is 5.95. The molecule has 0 aromatic carbocycles. The first kappa shape index (κ1) is 17.6. The monoisotopic (exact) mass is 364 g/mol. The molecule has 6 heteroatoms. The van der Waals surface area contributed by atoms with Crippen molar-refractivity contribution in [3.8, 4) is 5.88 Å². The minimum absolute atomic E-state index is 0.412. The Bertz CT molecular complexity index is 574. The molecule has 3 aliphatic heterocycles. The number of hydrogen-bond donors (Lipinski definition) is 0. The summed E-state index contributed by atoms with van der Waals surface area (Å²) in [5.74, 6) is 2.60. The SMILES string of the molecule is COc1ncccc1CN1CC2(C[C@H](OCC3CCOCC3)CS2)C1. The Morgan fingerprint density at radius 1 is 1.36 bits per heavy atom. The van der Waals surface area contributed by atoms with Crippen molar-refractivity contribution in [3.05, 3.63) is 23.9 Å². The van der Waals surface area contributed by atoms with Crippen molar-refractivity contribution < 1.29 is 14.2 Å². The summed E-state index contributed by atoms with van der Waals surface area (Å²) >= 11 is 2.11. The maximum atomic E-state index is 6.24. The lowest BCUT2D eigenvalue weighted by Crippen LogP contribution is -2.58. The highest BCUT2D eigenvalue weighted by molar-refractivity contribution is 8.01. The molecule has 1 aromatic rings. The number of nitrogens with zero attached hydrogens (tertiary/aromatic N) is 2. The number of aromatic nitrogens is 1. The number of pyridine rings is 1. The fourth-order valence-corrected chi connectivity index (χ4v) is 5.77. The summed E-state index contributed by atoms with van der Waals surface area (Å²) in [6, 6.07) is 4.09. The highest BCUT2D eigenvalue weighted by Gasteiger charge is 2.49. The zero-order valence-corrected chi connectivity index (χ0v) is 15.8. The third kappa shape index (κ3) is 4.13. The summed E-state index contributed by atoms with van der Waals surface area (Å²) < 4.78 is 17.4. The Morgan fingerprint density at radius 2 is 2.20 bits per heavy atom. The minimum atomic E-state index is 0.412. The van der Waals surface area contributed by atoms with Gasteiger partial charge < -0.3 is 14.2 Å². The van der Waals surface area contributed by atoms with Gasteiger partial charge in [0.1, 0.15) is 0 Å². The van der Waals surface area contributed by atoms with Crippen molar-refractivity contribution >= 4 is 11.8 Å². The van der Waals surface area contributed by atoms with E-state index in [1.54, 1.807) is 13.3 Å². The first-order valence-electron chi connectivity index (χ1n) is 9.30. The van der Waals surface area contributed by atoms with Gasteiger partial charge in [0.05, 0.1) is 13.2 Å². The van der Waals surface area contributed by atoms with E-state index in [2.05, 4.69) is 27.7 Å². The minimum Gasteiger partial charge on any atom is -0.481 e. The first-order chi connectivity index (χ1) is 12.3. The van der Waals surface area contributed by atoms with Gasteiger partial charge in [-0.3, -0.25) is 4.90 Å². The Labute approximate surface area is 154 Å². The van der Waals surface area contributed by atoms with Crippen LogP contribution in [0, 0.1) is 5.92 Å². The average Bonchev–Trinajstić information content (AvgIpc) is 3.05. The second-order valence-electron chi connectivity index (χ2n) is 7.53. The Kier molecular flexibility index (Phi) is 5.50. The van der Waals surface area contributed by atoms with E-state index in [4.69, 9.17) is 14.2 Å². The largest absolute Gasteiger partial charge is 0.481 e. The molecule has 4 rings (SSSR count). The van der Waals surface area contributed by atoms with Crippen LogP contribution in [0.4, 0.5) is 0 Å². The van der Waals surface area contributed by atoms with Gasteiger partial charge in [0.2, 0.25) is 5.88 Å². The smallest absolute Gasteiger partial charge is 0.217 e. The van der Waals surface area contributed by atoms with Gasteiger partial charge in [-0.1, -0.05) is 6.07 Å². The van der Waals surface area contributed by atoms with E-state index in [-0.39, 0.29) is 0 Å². The lowest BCUT2D eigenvalue weighted by Gasteiger charge is -2.47. The van der Waals surface area contributed by atoms with Gasteiger partial charge in [0.25, 0.3) is 0 Å². The molecule has 0 bridgehead atoms. The molecule has 0 unspecified atom stereocenters. The molecule has 3 aliphatic rings. The van der Waals surface area contributed by atoms with E-state index in [0.717, 1.165) is 63.9 Å². The van der Waals surface area contributed by atoms with Crippen LogP contribution in [-0.4, -0.2) is 66.5 Å². The number of rotatable bonds is 6. The van der Waals surface area contributed by atoms with Crippen LogP contribution in [0.5, 0.6) is 5.88 Å². The van der Waals surface area contributed by atoms with Gasteiger partial charge in [0.15, 0.2) is 0 Å². The fourth-order valence-electron chi connectivity index (χ4n) is 4.16. The normalized spacial score (nSPS) is 26.7. The van der Waals surface area contributed by atoms with E-state index in [0.29, 0.717) is 16.8 Å². The van der Waals surface area contributed by atoms with Gasteiger partial charge in [-0.2, -0.15) is 0 Å². The van der Waals surface area contributed by atoms with Crippen LogP contribution in [0.15, 0.2) is 18.3 Å². The molecule has 0 aliphatic carbocycles. The lowest BCUT2D eigenvalue weighted by atomic mass is 9.92. The Balaban J connectivity index is 1.22. The average molecular weight is 365 g/mol. The zero-order valence-electron chi connectivity index (χ0n) is 15.0. The first-order valence-corrected chi connectivity index (χ1v) is 10.3. The predicted molar refractivity (Wildman–Crippen MR) is 99.2 cm³/mol. The summed E-state index contributed by atoms with van der Waals surface area (Å²) in [7, 11) is 1.69. The molecular formula is C19H28N2O3S. The van der Waals surface area contributed by atoms with Gasteiger partial charge in [0, 0.05) is 61.7 Å². The van der Waals surface area contributed by atoms with Crippen molar-refractivity contribution in [2.75, 3.05) is 45.8 Å². The summed E-state index contributed by atoms with van der Waals surface area (Å²) in [5, 5.41) is 0. The molecule has 0 N–H and O–H groups in total. The summed E-state index contributed by atoms with van der Waals surface area (Å²) in [5.41, 5.74) is 1.18. The highest BCUT2D eigenvalue weighted by Crippen LogP contribution is 2.46. The Hall–Kier alpha value is -0.820. The van der Waals surface area contributed by atoms with E-state index >= 15 is 0 Å². The quantitative estimate of drug-likeness (QED) is 0.773. The van der Waals surface area contributed by atoms with Crippen LogP contribution in [-0.2, 0) is 16.0 Å². The second-order valence-corrected chi connectivity index (χ2v) is 9.01. The summed E-state index contributed by atoms with van der Waals surface area (Å²) in [6.07, 6.45) is 5.73. The topological polar surface area (TPSA) is 43.8 Å². The second kappa shape index (κ2) is 7.82. The molecule has 3 fully saturated rings. The van der Waals surface area contributed by atoms with Crippen LogP contribution in [0.3, 0.4) is 0 Å². The van der Waals surface area contributed by atoms with Crippen molar-refractivity contribution in [2.45, 2.75) is 36.7 Å². The zero-order chi connectivity index (χ0) is 17.1. The molecule has 5 nitrogen and oxygen atoms in total. The molecule has 0 radical (unpaired) electrons. The maximum Gasteiger partial charge on any atom is 0.217 e. The van der Waals surface area contributed by atoms with Gasteiger partial charge in [-0.25, -0.2) is 4.98 Å². The number of likely N-dealkylation sites (tertiary alicyclic amines) is 1. The highest BCUT2D eigenvalue weighted by atomic mass is 32.2. The van der Waals surface area contributed by atoms with E-state index in [1.165, 1.54) is 12.0 Å². The van der Waals surface area contributed by atoms with Gasteiger partial charge in [-0.05, 0) is 31.2 Å². The van der Waals surface area contributed by atoms with E-state index in [1.807, 2.05) is 6.07 Å². The van der Waals surface area contributed by atoms with Crippen molar-refractivity contribution in [2.24, 2.45) is 5.92 Å². The van der Waals surface area contributed by atoms with Crippen LogP contribution in [0.25, 0.3) is 0 Å². The molecule has 0 amide bonds. The number of methoxy groups -OCH3 is 1. The number of thioether (sulfide) groups is 1. The third-order valence-electron chi connectivity index (χ3n) is 5.54. The van der Waals surface area contributed by atoms with Crippen molar-refractivity contribution in [1.82, 2.24) is 9.88 Å². The van der Waals surface area contributed by atoms with Crippen molar-refractivity contribution in [1.29, 1.82) is 0 Å². The molecule has 25 heavy (non-hydrogen) atoms. The van der Waals surface area contributed by atoms with E-state index < -0.39 is 0 Å². The molecule has 1 aromatic heterocycles. The molecule has 0 saturated carbocycles. The van der Waals surface area contributed by atoms with Crippen LogP contribution >= 0.6 is 11.8 Å². The molecule has 1 spiro atoms. The molecule has 138 valence electrons. The third-order valence-corrected chi connectivity index (χ3v) is 7.12. The number of ether oxygens (including phenoxy) is 3. The molecule has 1 atom stereocenters. The summed E-state index contributed by atoms with van der Waals surface area (Å²) in [4.78, 5) is 6.79. The van der Waals surface area contributed by atoms with E-state index in [9.17, 15) is 0 Å². The van der Waals surface area contributed by atoms with Gasteiger partial charge in [-0.15, -0.1) is 11.8 Å². The fraction of sp³-hybridized carbons (Fsp3) is 0.737. The van der Waals surface area contributed by atoms with Crippen molar-refractivity contribution in [3.63, 3.8) is 0 Å².